The Labute approximate surface area is 141 Å². The van der Waals surface area contributed by atoms with Crippen molar-refractivity contribution in [1.29, 1.82) is 0 Å². The molecule has 0 aliphatic carbocycles. The van der Waals surface area contributed by atoms with Crippen molar-refractivity contribution in [2.45, 2.75) is 17.9 Å². The second kappa shape index (κ2) is 7.29. The zero-order valence-corrected chi connectivity index (χ0v) is 14.5. The van der Waals surface area contributed by atoms with Crippen LogP contribution in [0.4, 0.5) is 4.39 Å². The third-order valence-electron chi connectivity index (χ3n) is 3.75. The lowest BCUT2D eigenvalue weighted by molar-refractivity contribution is 0.154. The predicted octanol–water partition coefficient (Wildman–Crippen LogP) is 2.50. The SMILES string of the molecule is COc1cccc(C(O)CN(C)S(=O)(=O)c2ccc(F)c(C)c2)c1. The molecule has 0 aromatic heterocycles. The van der Waals surface area contributed by atoms with E-state index in [0.717, 1.165) is 10.4 Å². The van der Waals surface area contributed by atoms with Gasteiger partial charge in [0, 0.05) is 13.6 Å². The molecule has 0 bridgehead atoms. The molecule has 0 saturated carbocycles. The highest BCUT2D eigenvalue weighted by atomic mass is 32.2. The fourth-order valence-corrected chi connectivity index (χ4v) is 3.52. The first-order valence-electron chi connectivity index (χ1n) is 7.30. The van der Waals surface area contributed by atoms with E-state index in [1.165, 1.54) is 33.2 Å². The van der Waals surface area contributed by atoms with Crippen LogP contribution in [-0.2, 0) is 10.0 Å². The Morgan fingerprint density at radius 3 is 2.58 bits per heavy atom. The summed E-state index contributed by atoms with van der Waals surface area (Å²) in [6.07, 6.45) is -1.01. The van der Waals surface area contributed by atoms with Crippen LogP contribution in [0.25, 0.3) is 0 Å². The zero-order chi connectivity index (χ0) is 17.9. The molecule has 130 valence electrons. The highest BCUT2D eigenvalue weighted by Gasteiger charge is 2.24. The number of aliphatic hydroxyl groups excluding tert-OH is 1. The standard InChI is InChI=1S/C17H20FNO4S/c1-12-9-15(7-8-16(12)18)24(21,22)19(2)11-17(20)13-5-4-6-14(10-13)23-3/h4-10,17,20H,11H2,1-3H3. The molecule has 2 rings (SSSR count). The van der Waals surface area contributed by atoms with Gasteiger partial charge in [0.15, 0.2) is 0 Å². The maximum atomic E-state index is 13.3. The average molecular weight is 353 g/mol. The number of hydrogen-bond acceptors (Lipinski definition) is 4. The van der Waals surface area contributed by atoms with Crippen LogP contribution >= 0.6 is 0 Å². The van der Waals surface area contributed by atoms with E-state index < -0.39 is 21.9 Å². The Bertz CT molecular complexity index is 823. The molecule has 2 aromatic rings. The third-order valence-corrected chi connectivity index (χ3v) is 5.57. The zero-order valence-electron chi connectivity index (χ0n) is 13.7. The number of halogens is 1. The van der Waals surface area contributed by atoms with Gasteiger partial charge in [-0.2, -0.15) is 4.31 Å². The van der Waals surface area contributed by atoms with Crippen LogP contribution in [0.15, 0.2) is 47.4 Å². The first-order valence-corrected chi connectivity index (χ1v) is 8.74. The van der Waals surface area contributed by atoms with Crippen molar-refractivity contribution in [2.75, 3.05) is 20.7 Å². The minimum atomic E-state index is -3.82. The number of nitrogens with zero attached hydrogens (tertiary/aromatic N) is 1. The second-order valence-corrected chi connectivity index (χ2v) is 7.53. The van der Waals surface area contributed by atoms with E-state index >= 15 is 0 Å². The number of methoxy groups -OCH3 is 1. The summed E-state index contributed by atoms with van der Waals surface area (Å²) in [4.78, 5) is -0.0123. The molecule has 7 heteroatoms. The molecule has 1 N–H and O–H groups in total. The topological polar surface area (TPSA) is 66.8 Å². The van der Waals surface area contributed by atoms with Gasteiger partial charge in [0.2, 0.25) is 10.0 Å². The van der Waals surface area contributed by atoms with E-state index in [9.17, 15) is 17.9 Å². The van der Waals surface area contributed by atoms with Gasteiger partial charge in [0.25, 0.3) is 0 Å². The molecule has 1 unspecified atom stereocenters. The summed E-state index contributed by atoms with van der Waals surface area (Å²) in [5, 5.41) is 10.3. The quantitative estimate of drug-likeness (QED) is 0.866. The summed E-state index contributed by atoms with van der Waals surface area (Å²) in [5.74, 6) is 0.110. The lowest BCUT2D eigenvalue weighted by atomic mass is 10.1. The van der Waals surface area contributed by atoms with Gasteiger partial charge in [-0.05, 0) is 48.4 Å². The number of aryl methyl sites for hydroxylation is 1. The largest absolute Gasteiger partial charge is 0.497 e. The summed E-state index contributed by atoms with van der Waals surface area (Å²) in [6, 6.07) is 10.4. The van der Waals surface area contributed by atoms with Gasteiger partial charge < -0.3 is 9.84 Å². The molecule has 2 aromatic carbocycles. The molecule has 0 aliphatic rings. The number of aliphatic hydroxyl groups is 1. The first kappa shape index (κ1) is 18.4. The number of likely N-dealkylation sites (N-methyl/N-ethyl adjacent to an activating group) is 1. The molecule has 0 aliphatic heterocycles. The summed E-state index contributed by atoms with van der Waals surface area (Å²) in [5.41, 5.74) is 0.796. The van der Waals surface area contributed by atoms with E-state index in [1.807, 2.05) is 0 Å². The minimum Gasteiger partial charge on any atom is -0.497 e. The van der Waals surface area contributed by atoms with Crippen LogP contribution in [0.2, 0.25) is 0 Å². The molecule has 24 heavy (non-hydrogen) atoms. The van der Waals surface area contributed by atoms with E-state index in [2.05, 4.69) is 0 Å². The van der Waals surface area contributed by atoms with E-state index in [0.29, 0.717) is 11.3 Å². The molecular weight excluding hydrogens is 333 g/mol. The van der Waals surface area contributed by atoms with Crippen LogP contribution in [-0.4, -0.2) is 38.5 Å². The number of rotatable bonds is 6. The first-order chi connectivity index (χ1) is 11.3. The lowest BCUT2D eigenvalue weighted by Crippen LogP contribution is -2.31. The van der Waals surface area contributed by atoms with Crippen molar-refractivity contribution in [3.05, 3.63) is 59.4 Å². The monoisotopic (exact) mass is 353 g/mol. The highest BCUT2D eigenvalue weighted by Crippen LogP contribution is 2.23. The summed E-state index contributed by atoms with van der Waals surface area (Å²) in [7, 11) is -0.936. The number of hydrogen-bond donors (Lipinski definition) is 1. The second-order valence-electron chi connectivity index (χ2n) is 5.49. The molecular formula is C17H20FNO4S. The van der Waals surface area contributed by atoms with E-state index in [-0.39, 0.29) is 17.0 Å². The molecule has 0 amide bonds. The van der Waals surface area contributed by atoms with Gasteiger partial charge in [-0.3, -0.25) is 0 Å². The number of benzene rings is 2. The van der Waals surface area contributed by atoms with Crippen molar-refractivity contribution >= 4 is 10.0 Å². The van der Waals surface area contributed by atoms with Gasteiger partial charge in [0.05, 0.1) is 18.1 Å². The summed E-state index contributed by atoms with van der Waals surface area (Å²) >= 11 is 0. The maximum Gasteiger partial charge on any atom is 0.242 e. The van der Waals surface area contributed by atoms with Gasteiger partial charge in [-0.1, -0.05) is 12.1 Å². The van der Waals surface area contributed by atoms with Gasteiger partial charge in [-0.25, -0.2) is 12.8 Å². The molecule has 0 radical (unpaired) electrons. The minimum absolute atomic E-state index is 0.0123. The normalized spacial score (nSPS) is 13.1. The average Bonchev–Trinajstić information content (AvgIpc) is 2.57. The van der Waals surface area contributed by atoms with E-state index in [4.69, 9.17) is 4.74 Å². The van der Waals surface area contributed by atoms with Gasteiger partial charge in [0.1, 0.15) is 11.6 Å². The van der Waals surface area contributed by atoms with Crippen molar-refractivity contribution in [3.63, 3.8) is 0 Å². The third kappa shape index (κ3) is 3.92. The molecule has 1 atom stereocenters. The van der Waals surface area contributed by atoms with Crippen molar-refractivity contribution in [1.82, 2.24) is 4.31 Å². The van der Waals surface area contributed by atoms with Crippen LogP contribution < -0.4 is 4.74 Å². The van der Waals surface area contributed by atoms with Crippen LogP contribution in [0.1, 0.15) is 17.2 Å². The van der Waals surface area contributed by atoms with Crippen molar-refractivity contribution in [2.24, 2.45) is 0 Å². The van der Waals surface area contributed by atoms with Gasteiger partial charge >= 0.3 is 0 Å². The van der Waals surface area contributed by atoms with Crippen LogP contribution in [0, 0.1) is 12.7 Å². The fraction of sp³-hybridized carbons (Fsp3) is 0.294. The van der Waals surface area contributed by atoms with Crippen molar-refractivity contribution in [3.8, 4) is 5.75 Å². The fourth-order valence-electron chi connectivity index (χ4n) is 2.25. The molecule has 0 saturated heterocycles. The summed E-state index contributed by atoms with van der Waals surface area (Å²) < 4.78 is 44.6. The Morgan fingerprint density at radius 1 is 1.25 bits per heavy atom. The molecule has 0 fully saturated rings. The smallest absolute Gasteiger partial charge is 0.242 e. The molecule has 5 nitrogen and oxygen atoms in total. The lowest BCUT2D eigenvalue weighted by Gasteiger charge is -2.21. The Hall–Kier alpha value is -1.96. The Balaban J connectivity index is 2.20. The maximum absolute atomic E-state index is 13.3. The van der Waals surface area contributed by atoms with E-state index in [1.54, 1.807) is 24.3 Å². The van der Waals surface area contributed by atoms with Gasteiger partial charge in [-0.15, -0.1) is 0 Å². The predicted molar refractivity (Wildman–Crippen MR) is 88.9 cm³/mol. The number of ether oxygens (including phenoxy) is 1. The van der Waals surface area contributed by atoms with Crippen LogP contribution in [0.5, 0.6) is 5.75 Å². The summed E-state index contributed by atoms with van der Waals surface area (Å²) in [6.45, 7) is 1.37. The Morgan fingerprint density at radius 2 is 1.96 bits per heavy atom. The molecule has 0 heterocycles. The highest BCUT2D eigenvalue weighted by molar-refractivity contribution is 7.89. The van der Waals surface area contributed by atoms with Crippen molar-refractivity contribution < 1.29 is 22.7 Å². The Kier molecular flexibility index (Phi) is 5.58. The number of sulfonamides is 1. The molecule has 0 spiro atoms. The van der Waals surface area contributed by atoms with Crippen LogP contribution in [0.3, 0.4) is 0 Å².